The van der Waals surface area contributed by atoms with Crippen LogP contribution in [0.3, 0.4) is 0 Å². The summed E-state index contributed by atoms with van der Waals surface area (Å²) in [4.78, 5) is 26.4. The van der Waals surface area contributed by atoms with Gasteiger partial charge in [-0.05, 0) is 62.8 Å². The molecule has 0 saturated heterocycles. The van der Waals surface area contributed by atoms with E-state index in [1.807, 2.05) is 0 Å². The van der Waals surface area contributed by atoms with E-state index in [2.05, 4.69) is 12.2 Å². The molecule has 1 aromatic carbocycles. The minimum atomic E-state index is -0.744. The van der Waals surface area contributed by atoms with Crippen LogP contribution in [0.25, 0.3) is 0 Å². The summed E-state index contributed by atoms with van der Waals surface area (Å²) in [7, 11) is 0. The Kier molecular flexibility index (Phi) is 6.62. The van der Waals surface area contributed by atoms with Gasteiger partial charge in [-0.25, -0.2) is 4.79 Å². The number of esters is 1. The second-order valence-electron chi connectivity index (χ2n) is 6.98. The first-order valence-corrected chi connectivity index (χ1v) is 10.6. The number of nitrogens with one attached hydrogen (secondary N) is 1. The monoisotopic (exact) mass is 421 g/mol. The van der Waals surface area contributed by atoms with Crippen LogP contribution in [0, 0.1) is 5.92 Å². The lowest BCUT2D eigenvalue weighted by molar-refractivity contribution is -0.122. The van der Waals surface area contributed by atoms with E-state index in [1.54, 1.807) is 38.1 Å². The molecule has 1 N–H and O–H groups in total. The molecule has 1 heterocycles. The molecule has 7 heteroatoms. The molecule has 0 saturated carbocycles. The number of amides is 1. The first-order valence-electron chi connectivity index (χ1n) is 9.43. The maximum atomic E-state index is 12.7. The number of hydrogen-bond donors (Lipinski definition) is 1. The van der Waals surface area contributed by atoms with E-state index in [0.29, 0.717) is 33.9 Å². The molecule has 1 amide bonds. The van der Waals surface area contributed by atoms with Gasteiger partial charge < -0.3 is 14.8 Å². The Bertz CT molecular complexity index is 879. The van der Waals surface area contributed by atoms with Crippen molar-refractivity contribution in [3.63, 3.8) is 0 Å². The molecular weight excluding hydrogens is 398 g/mol. The highest BCUT2D eigenvalue weighted by atomic mass is 35.5. The van der Waals surface area contributed by atoms with E-state index >= 15 is 0 Å². The van der Waals surface area contributed by atoms with E-state index in [9.17, 15) is 9.59 Å². The van der Waals surface area contributed by atoms with Crippen LogP contribution in [0.2, 0.25) is 5.02 Å². The number of hydrogen-bond acceptors (Lipinski definition) is 5. The summed E-state index contributed by atoms with van der Waals surface area (Å²) in [6.45, 7) is 5.93. The number of rotatable bonds is 6. The van der Waals surface area contributed by atoms with Crippen molar-refractivity contribution in [3.05, 3.63) is 45.3 Å². The van der Waals surface area contributed by atoms with Gasteiger partial charge in [-0.2, -0.15) is 0 Å². The maximum absolute atomic E-state index is 12.7. The number of benzene rings is 1. The zero-order chi connectivity index (χ0) is 20.3. The fraction of sp³-hybridized carbons (Fsp3) is 0.429. The maximum Gasteiger partial charge on any atom is 0.341 e. The van der Waals surface area contributed by atoms with Crippen LogP contribution in [0.15, 0.2) is 24.3 Å². The Morgan fingerprint density at radius 2 is 2.18 bits per heavy atom. The van der Waals surface area contributed by atoms with Gasteiger partial charge >= 0.3 is 5.97 Å². The topological polar surface area (TPSA) is 64.6 Å². The predicted molar refractivity (Wildman–Crippen MR) is 112 cm³/mol. The molecule has 3 rings (SSSR count). The van der Waals surface area contributed by atoms with Crippen molar-refractivity contribution in [1.29, 1.82) is 0 Å². The van der Waals surface area contributed by atoms with Gasteiger partial charge in [-0.3, -0.25) is 4.79 Å². The molecule has 150 valence electrons. The second-order valence-corrected chi connectivity index (χ2v) is 8.52. The van der Waals surface area contributed by atoms with Gasteiger partial charge in [-0.1, -0.05) is 24.6 Å². The number of ether oxygens (including phenoxy) is 2. The predicted octanol–water partition coefficient (Wildman–Crippen LogP) is 5.11. The van der Waals surface area contributed by atoms with E-state index in [4.69, 9.17) is 21.1 Å². The van der Waals surface area contributed by atoms with Crippen LogP contribution in [-0.4, -0.2) is 24.6 Å². The third-order valence-electron chi connectivity index (χ3n) is 4.71. The lowest BCUT2D eigenvalue weighted by atomic mass is 9.88. The van der Waals surface area contributed by atoms with Crippen LogP contribution >= 0.6 is 22.9 Å². The Balaban J connectivity index is 1.80. The van der Waals surface area contributed by atoms with Gasteiger partial charge in [-0.15, -0.1) is 11.3 Å². The van der Waals surface area contributed by atoms with Gasteiger partial charge in [0.15, 0.2) is 6.10 Å². The molecule has 28 heavy (non-hydrogen) atoms. The standard InChI is InChI=1S/C21H24ClNO4S/c1-4-26-21(25)18-16-9-8-12(2)10-17(16)28-20(18)23-19(24)13(3)27-15-7-5-6-14(22)11-15/h5-7,11-13H,4,8-10H2,1-3H3,(H,23,24)/t12-,13+/m1/s1. The quantitative estimate of drug-likeness (QED) is 0.658. The van der Waals surface area contributed by atoms with E-state index < -0.39 is 6.10 Å². The number of fused-ring (bicyclic) bond motifs is 1. The molecular formula is C21H24ClNO4S. The molecule has 0 unspecified atom stereocenters. The third-order valence-corrected chi connectivity index (χ3v) is 6.11. The number of carbonyl (C=O) groups excluding carboxylic acids is 2. The average Bonchev–Trinajstić information content (AvgIpc) is 2.98. The number of anilines is 1. The molecule has 1 aliphatic rings. The van der Waals surface area contributed by atoms with Crippen molar-refractivity contribution in [1.82, 2.24) is 0 Å². The first kappa shape index (κ1) is 20.7. The normalized spacial score (nSPS) is 16.8. The minimum Gasteiger partial charge on any atom is -0.481 e. The molecule has 5 nitrogen and oxygen atoms in total. The summed E-state index contributed by atoms with van der Waals surface area (Å²) in [5, 5.41) is 3.96. The fourth-order valence-electron chi connectivity index (χ4n) is 3.27. The molecule has 1 aliphatic carbocycles. The smallest absolute Gasteiger partial charge is 0.341 e. The molecule has 2 aromatic rings. The second kappa shape index (κ2) is 8.97. The van der Waals surface area contributed by atoms with Gasteiger partial charge in [0.25, 0.3) is 5.91 Å². The summed E-state index contributed by atoms with van der Waals surface area (Å²) < 4.78 is 10.9. The number of halogens is 1. The van der Waals surface area contributed by atoms with Crippen LogP contribution in [0.5, 0.6) is 5.75 Å². The highest BCUT2D eigenvalue weighted by molar-refractivity contribution is 7.17. The highest BCUT2D eigenvalue weighted by Crippen LogP contribution is 2.40. The van der Waals surface area contributed by atoms with E-state index in [-0.39, 0.29) is 11.9 Å². The first-order chi connectivity index (χ1) is 13.4. The summed E-state index contributed by atoms with van der Waals surface area (Å²) in [6, 6.07) is 6.89. The zero-order valence-electron chi connectivity index (χ0n) is 16.2. The third kappa shape index (κ3) is 4.67. The van der Waals surface area contributed by atoms with Crippen LogP contribution in [-0.2, 0) is 22.4 Å². The van der Waals surface area contributed by atoms with Crippen molar-refractivity contribution >= 4 is 39.8 Å². The lowest BCUT2D eigenvalue weighted by Gasteiger charge is -2.18. The van der Waals surface area contributed by atoms with Gasteiger partial charge in [0.1, 0.15) is 10.8 Å². The summed E-state index contributed by atoms with van der Waals surface area (Å²) in [5.41, 5.74) is 1.51. The summed E-state index contributed by atoms with van der Waals surface area (Å²) in [5.74, 6) is 0.375. The summed E-state index contributed by atoms with van der Waals surface area (Å²) >= 11 is 7.43. The van der Waals surface area contributed by atoms with Crippen molar-refractivity contribution in [2.24, 2.45) is 5.92 Å². The molecule has 2 atom stereocenters. The van der Waals surface area contributed by atoms with Crippen molar-refractivity contribution < 1.29 is 19.1 Å². The van der Waals surface area contributed by atoms with Gasteiger partial charge in [0.2, 0.25) is 0 Å². The van der Waals surface area contributed by atoms with Crippen molar-refractivity contribution in [2.45, 2.75) is 46.1 Å². The van der Waals surface area contributed by atoms with Crippen molar-refractivity contribution in [3.8, 4) is 5.75 Å². The van der Waals surface area contributed by atoms with Crippen LogP contribution < -0.4 is 10.1 Å². The van der Waals surface area contributed by atoms with Crippen LogP contribution in [0.1, 0.15) is 48.0 Å². The average molecular weight is 422 g/mol. The Morgan fingerprint density at radius 3 is 2.89 bits per heavy atom. The Hall–Kier alpha value is -2.05. The van der Waals surface area contributed by atoms with Crippen LogP contribution in [0.4, 0.5) is 5.00 Å². The molecule has 0 bridgehead atoms. The molecule has 0 aliphatic heterocycles. The zero-order valence-corrected chi connectivity index (χ0v) is 17.8. The largest absolute Gasteiger partial charge is 0.481 e. The van der Waals surface area contributed by atoms with Gasteiger partial charge in [0, 0.05) is 9.90 Å². The number of thiophene rings is 1. The highest BCUT2D eigenvalue weighted by Gasteiger charge is 2.30. The Morgan fingerprint density at radius 1 is 1.39 bits per heavy atom. The molecule has 0 fully saturated rings. The lowest BCUT2D eigenvalue weighted by Crippen LogP contribution is -2.30. The fourth-order valence-corrected chi connectivity index (χ4v) is 4.85. The summed E-state index contributed by atoms with van der Waals surface area (Å²) in [6.07, 6.45) is 2.02. The minimum absolute atomic E-state index is 0.293. The van der Waals surface area contributed by atoms with Crippen molar-refractivity contribution in [2.75, 3.05) is 11.9 Å². The van der Waals surface area contributed by atoms with E-state index in [1.165, 1.54) is 11.3 Å². The van der Waals surface area contributed by atoms with E-state index in [0.717, 1.165) is 29.7 Å². The number of carbonyl (C=O) groups is 2. The SMILES string of the molecule is CCOC(=O)c1c(NC(=O)[C@H](C)Oc2cccc(Cl)c2)sc2c1CC[C@@H](C)C2. The molecule has 0 radical (unpaired) electrons. The molecule has 1 aromatic heterocycles. The Labute approximate surface area is 174 Å². The molecule has 0 spiro atoms. The van der Waals surface area contributed by atoms with Gasteiger partial charge in [0.05, 0.1) is 12.2 Å².